The number of nitrogens with one attached hydrogen (secondary N) is 1. The number of halogens is 3. The van der Waals surface area contributed by atoms with E-state index >= 15 is 0 Å². The monoisotopic (exact) mass is 300 g/mol. The predicted molar refractivity (Wildman–Crippen MR) is 74.0 cm³/mol. The van der Waals surface area contributed by atoms with Gasteiger partial charge in [0.1, 0.15) is 0 Å². The molecule has 0 bridgehead atoms. The summed E-state index contributed by atoms with van der Waals surface area (Å²) >= 11 is 0. The molecule has 1 heterocycles. The van der Waals surface area contributed by atoms with Gasteiger partial charge in [-0.1, -0.05) is 0 Å². The summed E-state index contributed by atoms with van der Waals surface area (Å²) in [6.45, 7) is 1.36. The molecular weight excluding hydrogens is 281 g/mol. The Hall–Kier alpha value is -1.56. The second-order valence-electron chi connectivity index (χ2n) is 5.28. The van der Waals surface area contributed by atoms with E-state index in [4.69, 9.17) is 0 Å². The first-order valence-electron chi connectivity index (χ1n) is 7.06. The van der Waals surface area contributed by atoms with Gasteiger partial charge in [0.05, 0.1) is 5.56 Å². The highest BCUT2D eigenvalue weighted by molar-refractivity contribution is 5.94. The van der Waals surface area contributed by atoms with Crippen molar-refractivity contribution in [2.75, 3.05) is 20.1 Å². The third kappa shape index (κ3) is 3.75. The molecule has 1 saturated heterocycles. The fourth-order valence-electron chi connectivity index (χ4n) is 2.68. The number of carbonyl (C=O) groups excluding carboxylic acids is 1. The molecule has 1 aromatic carbocycles. The molecule has 0 aromatic heterocycles. The lowest BCUT2D eigenvalue weighted by Gasteiger charge is -2.35. The van der Waals surface area contributed by atoms with Gasteiger partial charge >= 0.3 is 6.18 Å². The van der Waals surface area contributed by atoms with E-state index in [0.717, 1.165) is 31.4 Å². The maximum absolute atomic E-state index is 12.5. The van der Waals surface area contributed by atoms with Gasteiger partial charge in [-0.3, -0.25) is 4.79 Å². The molecule has 0 aliphatic carbocycles. The molecule has 21 heavy (non-hydrogen) atoms. The molecule has 116 valence electrons. The van der Waals surface area contributed by atoms with Crippen LogP contribution in [0.4, 0.5) is 13.2 Å². The van der Waals surface area contributed by atoms with Gasteiger partial charge in [0.15, 0.2) is 0 Å². The fourth-order valence-corrected chi connectivity index (χ4v) is 2.68. The van der Waals surface area contributed by atoms with E-state index in [9.17, 15) is 18.0 Å². The summed E-state index contributed by atoms with van der Waals surface area (Å²) in [5.41, 5.74) is -0.421. The highest BCUT2D eigenvalue weighted by Gasteiger charge is 2.31. The number of likely N-dealkylation sites (N-methyl/N-ethyl adjacent to an activating group) is 1. The van der Waals surface area contributed by atoms with Crippen LogP contribution in [0.15, 0.2) is 24.3 Å². The summed E-state index contributed by atoms with van der Waals surface area (Å²) in [6, 6.07) is 4.56. The van der Waals surface area contributed by atoms with E-state index in [1.165, 1.54) is 12.1 Å². The molecule has 1 aliphatic rings. The minimum absolute atomic E-state index is 0.110. The van der Waals surface area contributed by atoms with Crippen LogP contribution in [-0.2, 0) is 6.18 Å². The van der Waals surface area contributed by atoms with Gasteiger partial charge < -0.3 is 10.2 Å². The quantitative estimate of drug-likeness (QED) is 0.931. The Bertz CT molecular complexity index is 483. The van der Waals surface area contributed by atoms with E-state index in [1.54, 1.807) is 4.90 Å². The Morgan fingerprint density at radius 3 is 2.52 bits per heavy atom. The maximum atomic E-state index is 12.5. The van der Waals surface area contributed by atoms with Crippen LogP contribution < -0.4 is 5.32 Å². The van der Waals surface area contributed by atoms with Crippen molar-refractivity contribution >= 4 is 5.91 Å². The number of hydrogen-bond donors (Lipinski definition) is 1. The van der Waals surface area contributed by atoms with Crippen molar-refractivity contribution in [2.24, 2.45) is 0 Å². The molecule has 1 fully saturated rings. The van der Waals surface area contributed by atoms with Gasteiger partial charge in [-0.25, -0.2) is 0 Å². The Morgan fingerprint density at radius 2 is 1.95 bits per heavy atom. The summed E-state index contributed by atoms with van der Waals surface area (Å²) in [7, 11) is 1.83. The highest BCUT2D eigenvalue weighted by Crippen LogP contribution is 2.29. The molecule has 1 N–H and O–H groups in total. The molecule has 0 saturated carbocycles. The fraction of sp³-hybridized carbons (Fsp3) is 0.533. The summed E-state index contributed by atoms with van der Waals surface area (Å²) in [5, 5.41) is 3.06. The Kier molecular flexibility index (Phi) is 4.88. The molecule has 2 rings (SSSR count). The normalized spacial score (nSPS) is 19.6. The van der Waals surface area contributed by atoms with Crippen molar-refractivity contribution < 1.29 is 18.0 Å². The van der Waals surface area contributed by atoms with Crippen molar-refractivity contribution in [2.45, 2.75) is 31.5 Å². The molecule has 1 aliphatic heterocycles. The van der Waals surface area contributed by atoms with E-state index in [1.807, 2.05) is 7.05 Å². The first kappa shape index (κ1) is 15.8. The van der Waals surface area contributed by atoms with E-state index < -0.39 is 11.7 Å². The molecule has 6 heteroatoms. The van der Waals surface area contributed by atoms with Crippen LogP contribution >= 0.6 is 0 Å². The molecular formula is C15H19F3N2O. The third-order valence-electron chi connectivity index (χ3n) is 3.79. The van der Waals surface area contributed by atoms with Crippen molar-refractivity contribution in [3.63, 3.8) is 0 Å². The number of rotatable bonds is 3. The molecule has 1 atom stereocenters. The second-order valence-corrected chi connectivity index (χ2v) is 5.28. The maximum Gasteiger partial charge on any atom is 0.416 e. The molecule has 1 amide bonds. The lowest BCUT2D eigenvalue weighted by molar-refractivity contribution is -0.137. The van der Waals surface area contributed by atoms with Crippen molar-refractivity contribution in [3.05, 3.63) is 35.4 Å². The zero-order valence-electron chi connectivity index (χ0n) is 11.9. The van der Waals surface area contributed by atoms with Gasteiger partial charge in [-0.15, -0.1) is 0 Å². The minimum Gasteiger partial charge on any atom is -0.334 e. The molecule has 1 aromatic rings. The number of benzene rings is 1. The number of likely N-dealkylation sites (tertiary alicyclic amines) is 1. The van der Waals surface area contributed by atoms with Crippen LogP contribution in [-0.4, -0.2) is 37.0 Å². The van der Waals surface area contributed by atoms with Gasteiger partial charge in [0, 0.05) is 24.7 Å². The van der Waals surface area contributed by atoms with Gasteiger partial charge in [-0.05, 0) is 50.6 Å². The van der Waals surface area contributed by atoms with E-state index in [-0.39, 0.29) is 11.9 Å². The smallest absolute Gasteiger partial charge is 0.334 e. The number of piperidine rings is 1. The number of hydrogen-bond acceptors (Lipinski definition) is 2. The summed E-state index contributed by atoms with van der Waals surface area (Å²) < 4.78 is 37.6. The average molecular weight is 300 g/mol. The molecule has 3 nitrogen and oxygen atoms in total. The van der Waals surface area contributed by atoms with Crippen LogP contribution in [0.3, 0.4) is 0 Å². The first-order chi connectivity index (χ1) is 9.93. The lowest BCUT2D eigenvalue weighted by atomic mass is 10.0. The molecule has 0 spiro atoms. The number of nitrogens with zero attached hydrogens (tertiary/aromatic N) is 1. The van der Waals surface area contributed by atoms with Crippen molar-refractivity contribution in [3.8, 4) is 0 Å². The zero-order valence-corrected chi connectivity index (χ0v) is 11.9. The van der Waals surface area contributed by atoms with Gasteiger partial charge in [0.25, 0.3) is 5.91 Å². The SMILES string of the molecule is CNCC1CCCCN1C(=O)c1ccc(C(F)(F)F)cc1. The first-order valence-corrected chi connectivity index (χ1v) is 7.06. The van der Waals surface area contributed by atoms with Crippen LogP contribution in [0.2, 0.25) is 0 Å². The molecule has 0 radical (unpaired) electrons. The van der Waals surface area contributed by atoms with Gasteiger partial charge in [-0.2, -0.15) is 13.2 Å². The topological polar surface area (TPSA) is 32.3 Å². The minimum atomic E-state index is -4.37. The third-order valence-corrected chi connectivity index (χ3v) is 3.79. The lowest BCUT2D eigenvalue weighted by Crippen LogP contribution is -2.48. The summed E-state index contributed by atoms with van der Waals surface area (Å²) in [5.74, 6) is -0.191. The molecule has 1 unspecified atom stereocenters. The highest BCUT2D eigenvalue weighted by atomic mass is 19.4. The van der Waals surface area contributed by atoms with Crippen molar-refractivity contribution in [1.82, 2.24) is 10.2 Å². The Labute approximate surface area is 122 Å². The number of amides is 1. The number of alkyl halides is 3. The van der Waals surface area contributed by atoms with Crippen LogP contribution in [0.5, 0.6) is 0 Å². The zero-order chi connectivity index (χ0) is 15.5. The second kappa shape index (κ2) is 6.47. The van der Waals surface area contributed by atoms with Crippen LogP contribution in [0.25, 0.3) is 0 Å². The Morgan fingerprint density at radius 1 is 1.29 bits per heavy atom. The largest absolute Gasteiger partial charge is 0.416 e. The summed E-state index contributed by atoms with van der Waals surface area (Å²) in [4.78, 5) is 14.2. The van der Waals surface area contributed by atoms with E-state index in [2.05, 4.69) is 5.32 Å². The van der Waals surface area contributed by atoms with Crippen LogP contribution in [0, 0.1) is 0 Å². The van der Waals surface area contributed by atoms with Crippen molar-refractivity contribution in [1.29, 1.82) is 0 Å². The van der Waals surface area contributed by atoms with Gasteiger partial charge in [0.2, 0.25) is 0 Å². The van der Waals surface area contributed by atoms with Crippen LogP contribution in [0.1, 0.15) is 35.2 Å². The predicted octanol–water partition coefficient (Wildman–Crippen LogP) is 2.92. The van der Waals surface area contributed by atoms with E-state index in [0.29, 0.717) is 18.7 Å². The number of carbonyl (C=O) groups is 1. The average Bonchev–Trinajstić information content (AvgIpc) is 2.47. The Balaban J connectivity index is 2.14. The standard InChI is InChI=1S/C15H19F3N2O/c1-19-10-13-4-2-3-9-20(13)14(21)11-5-7-12(8-6-11)15(16,17)18/h5-8,13,19H,2-4,9-10H2,1H3. The summed E-state index contributed by atoms with van der Waals surface area (Å²) in [6.07, 6.45) is -1.44.